The van der Waals surface area contributed by atoms with Crippen molar-refractivity contribution < 1.29 is 9.47 Å². The van der Waals surface area contributed by atoms with Gasteiger partial charge in [-0.1, -0.05) is 17.7 Å². The van der Waals surface area contributed by atoms with Gasteiger partial charge in [0.15, 0.2) is 0 Å². The average Bonchev–Trinajstić information content (AvgIpc) is 2.24. The summed E-state index contributed by atoms with van der Waals surface area (Å²) in [6.45, 7) is 3.50. The van der Waals surface area contributed by atoms with E-state index in [4.69, 9.17) is 26.3 Å². The van der Waals surface area contributed by atoms with Gasteiger partial charge in [-0.15, -0.1) is 0 Å². The number of nitrogens with zero attached hydrogens (tertiary/aromatic N) is 1. The second-order valence-corrected chi connectivity index (χ2v) is 3.18. The highest BCUT2D eigenvalue weighted by atomic mass is 35.5. The molecular weight excluding hydrogens is 214 g/mol. The summed E-state index contributed by atoms with van der Waals surface area (Å²) in [5.74, 6) is 0.504. The van der Waals surface area contributed by atoms with Gasteiger partial charge >= 0.3 is 0 Å². The number of rotatable bonds is 5. The van der Waals surface area contributed by atoms with Gasteiger partial charge in [0.25, 0.3) is 0 Å². The van der Waals surface area contributed by atoms with Crippen LogP contribution >= 0.6 is 11.6 Å². The topological polar surface area (TPSA) is 42.2 Å². The highest BCUT2D eigenvalue weighted by Gasteiger charge is 2.06. The molecule has 1 aromatic rings. The molecule has 0 aliphatic heterocycles. The first-order valence-electron chi connectivity index (χ1n) is 4.68. The fourth-order valence-electron chi connectivity index (χ4n) is 1.09. The predicted octanol–water partition coefficient (Wildman–Crippen LogP) is 2.63. The maximum absolute atomic E-state index is 8.86. The van der Waals surface area contributed by atoms with Crippen LogP contribution in [0.2, 0.25) is 5.02 Å². The molecule has 15 heavy (non-hydrogen) atoms. The summed E-state index contributed by atoms with van der Waals surface area (Å²) in [5, 5.41) is 9.26. The molecule has 1 aromatic carbocycles. The molecule has 3 nitrogen and oxygen atoms in total. The van der Waals surface area contributed by atoms with Crippen molar-refractivity contribution in [2.45, 2.75) is 6.92 Å². The average molecular weight is 226 g/mol. The molecule has 1 rings (SSSR count). The van der Waals surface area contributed by atoms with Crippen molar-refractivity contribution in [3.8, 4) is 11.8 Å². The zero-order chi connectivity index (χ0) is 11.1. The zero-order valence-electron chi connectivity index (χ0n) is 8.50. The van der Waals surface area contributed by atoms with Crippen LogP contribution in [0.15, 0.2) is 18.2 Å². The molecule has 0 saturated heterocycles. The van der Waals surface area contributed by atoms with Crippen LogP contribution in [-0.4, -0.2) is 19.8 Å². The van der Waals surface area contributed by atoms with Crippen molar-refractivity contribution in [1.29, 1.82) is 5.26 Å². The number of hydrogen-bond acceptors (Lipinski definition) is 3. The Morgan fingerprint density at radius 1 is 1.40 bits per heavy atom. The van der Waals surface area contributed by atoms with Crippen LogP contribution in [0.5, 0.6) is 5.75 Å². The molecular formula is C11H12ClNO2. The Bertz CT molecular complexity index is 360. The van der Waals surface area contributed by atoms with E-state index in [1.54, 1.807) is 18.2 Å². The lowest BCUT2D eigenvalue weighted by Gasteiger charge is -2.08. The van der Waals surface area contributed by atoms with Crippen molar-refractivity contribution in [3.05, 3.63) is 28.8 Å². The van der Waals surface area contributed by atoms with E-state index in [1.807, 2.05) is 13.0 Å². The minimum Gasteiger partial charge on any atom is -0.490 e. The van der Waals surface area contributed by atoms with E-state index in [-0.39, 0.29) is 0 Å². The fourth-order valence-corrected chi connectivity index (χ4v) is 1.30. The van der Waals surface area contributed by atoms with Crippen LogP contribution in [0, 0.1) is 11.3 Å². The maximum Gasteiger partial charge on any atom is 0.138 e. The molecule has 0 fully saturated rings. The van der Waals surface area contributed by atoms with Crippen molar-refractivity contribution >= 4 is 11.6 Å². The quantitative estimate of drug-likeness (QED) is 0.724. The zero-order valence-corrected chi connectivity index (χ0v) is 9.25. The molecule has 0 saturated carbocycles. The molecule has 0 heterocycles. The van der Waals surface area contributed by atoms with Crippen molar-refractivity contribution in [2.24, 2.45) is 0 Å². The molecule has 0 aliphatic carbocycles. The third-order valence-electron chi connectivity index (χ3n) is 1.78. The van der Waals surface area contributed by atoms with Gasteiger partial charge in [-0.05, 0) is 19.1 Å². The highest BCUT2D eigenvalue weighted by molar-refractivity contribution is 6.31. The lowest BCUT2D eigenvalue weighted by Crippen LogP contribution is -2.07. The minimum absolute atomic E-state index is 0.371. The lowest BCUT2D eigenvalue weighted by atomic mass is 10.2. The molecule has 0 amide bonds. The maximum atomic E-state index is 8.86. The largest absolute Gasteiger partial charge is 0.490 e. The van der Waals surface area contributed by atoms with Gasteiger partial charge in [0.2, 0.25) is 0 Å². The van der Waals surface area contributed by atoms with Gasteiger partial charge in [0.05, 0.1) is 11.6 Å². The Morgan fingerprint density at radius 3 is 2.87 bits per heavy atom. The molecule has 4 heteroatoms. The Labute approximate surface area is 94.2 Å². The van der Waals surface area contributed by atoms with Gasteiger partial charge < -0.3 is 9.47 Å². The van der Waals surface area contributed by atoms with E-state index in [2.05, 4.69) is 0 Å². The number of nitriles is 1. The van der Waals surface area contributed by atoms with E-state index in [0.717, 1.165) is 0 Å². The molecule has 0 unspecified atom stereocenters. The molecule has 0 bridgehead atoms. The molecule has 0 atom stereocenters. The van der Waals surface area contributed by atoms with Crippen molar-refractivity contribution in [1.82, 2.24) is 0 Å². The van der Waals surface area contributed by atoms with Crippen molar-refractivity contribution in [2.75, 3.05) is 19.8 Å². The molecule has 80 valence electrons. The highest BCUT2D eigenvalue weighted by Crippen LogP contribution is 2.25. The first-order valence-corrected chi connectivity index (χ1v) is 5.06. The van der Waals surface area contributed by atoms with Gasteiger partial charge in [0.1, 0.15) is 24.0 Å². The summed E-state index contributed by atoms with van der Waals surface area (Å²) in [6.07, 6.45) is 0. The Hall–Kier alpha value is -1.24. The first-order chi connectivity index (χ1) is 7.29. The summed E-state index contributed by atoms with van der Waals surface area (Å²) in [4.78, 5) is 0. The Kier molecular flexibility index (Phi) is 4.96. The van der Waals surface area contributed by atoms with Crippen LogP contribution in [-0.2, 0) is 4.74 Å². The van der Waals surface area contributed by atoms with Gasteiger partial charge in [-0.2, -0.15) is 5.26 Å². The predicted molar refractivity (Wildman–Crippen MR) is 58.2 cm³/mol. The molecule has 0 spiro atoms. The van der Waals surface area contributed by atoms with E-state index >= 15 is 0 Å². The number of ether oxygens (including phenoxy) is 2. The minimum atomic E-state index is 0.371. The van der Waals surface area contributed by atoms with Crippen LogP contribution in [0.3, 0.4) is 0 Å². The lowest BCUT2D eigenvalue weighted by molar-refractivity contribution is 0.110. The molecule has 0 N–H and O–H groups in total. The van der Waals surface area contributed by atoms with Gasteiger partial charge in [-0.25, -0.2) is 0 Å². The van der Waals surface area contributed by atoms with Crippen LogP contribution in [0.4, 0.5) is 0 Å². The summed E-state index contributed by atoms with van der Waals surface area (Å²) in [6, 6.07) is 7.14. The van der Waals surface area contributed by atoms with E-state index in [9.17, 15) is 0 Å². The van der Waals surface area contributed by atoms with Crippen LogP contribution in [0.25, 0.3) is 0 Å². The normalized spacial score (nSPS) is 9.67. The third-order valence-corrected chi connectivity index (χ3v) is 2.09. The van der Waals surface area contributed by atoms with Crippen molar-refractivity contribution in [3.63, 3.8) is 0 Å². The number of benzene rings is 1. The SMILES string of the molecule is CCOCCOc1cccc(Cl)c1C#N. The Morgan fingerprint density at radius 2 is 2.20 bits per heavy atom. The monoisotopic (exact) mass is 225 g/mol. The third kappa shape index (κ3) is 3.43. The Balaban J connectivity index is 2.61. The summed E-state index contributed by atoms with van der Waals surface area (Å²) in [5.41, 5.74) is 0.371. The smallest absolute Gasteiger partial charge is 0.138 e. The standard InChI is InChI=1S/C11H12ClNO2/c1-2-14-6-7-15-11-5-3-4-10(12)9(11)8-13/h3-5H,2,6-7H2,1H3. The van der Waals surface area contributed by atoms with E-state index in [0.29, 0.717) is 36.2 Å². The van der Waals surface area contributed by atoms with E-state index < -0.39 is 0 Å². The number of halogens is 1. The second kappa shape index (κ2) is 6.28. The molecule has 0 aromatic heterocycles. The number of hydrogen-bond donors (Lipinski definition) is 0. The van der Waals surface area contributed by atoms with E-state index in [1.165, 1.54) is 0 Å². The van der Waals surface area contributed by atoms with Gasteiger partial charge in [-0.3, -0.25) is 0 Å². The van der Waals surface area contributed by atoms with Crippen LogP contribution in [0.1, 0.15) is 12.5 Å². The fraction of sp³-hybridized carbons (Fsp3) is 0.364. The second-order valence-electron chi connectivity index (χ2n) is 2.77. The summed E-state index contributed by atoms with van der Waals surface area (Å²) >= 11 is 5.84. The summed E-state index contributed by atoms with van der Waals surface area (Å²) < 4.78 is 10.5. The molecule has 0 aliphatic rings. The molecule has 0 radical (unpaired) electrons. The first kappa shape index (κ1) is 11.8. The summed E-state index contributed by atoms with van der Waals surface area (Å²) in [7, 11) is 0. The van der Waals surface area contributed by atoms with Gasteiger partial charge in [0, 0.05) is 6.61 Å². The van der Waals surface area contributed by atoms with Crippen LogP contribution < -0.4 is 4.74 Å².